The Labute approximate surface area is 165 Å². The fourth-order valence-corrected chi connectivity index (χ4v) is 3.59. The molecule has 3 aromatic rings. The van der Waals surface area contributed by atoms with E-state index in [4.69, 9.17) is 0 Å². The van der Waals surface area contributed by atoms with Gasteiger partial charge in [0.1, 0.15) is 0 Å². The lowest BCUT2D eigenvalue weighted by Crippen LogP contribution is -2.33. The summed E-state index contributed by atoms with van der Waals surface area (Å²) in [5.41, 5.74) is 1.62. The van der Waals surface area contributed by atoms with Crippen LogP contribution in [0.25, 0.3) is 11.3 Å². The summed E-state index contributed by atoms with van der Waals surface area (Å²) in [5, 5.41) is 7.97. The molecule has 0 unspecified atom stereocenters. The fourth-order valence-electron chi connectivity index (χ4n) is 3.39. The van der Waals surface area contributed by atoms with Crippen molar-refractivity contribution in [3.63, 3.8) is 0 Å². The van der Waals surface area contributed by atoms with Gasteiger partial charge in [0.15, 0.2) is 0 Å². The first-order valence-corrected chi connectivity index (χ1v) is 9.73. The van der Waals surface area contributed by atoms with E-state index < -0.39 is 0 Å². The highest BCUT2D eigenvalue weighted by Crippen LogP contribution is 2.29. The number of nitrogens with zero attached hydrogens (tertiary/aromatic N) is 5. The Hall–Kier alpha value is -2.61. The smallest absolute Gasteiger partial charge is 0.267 e. The van der Waals surface area contributed by atoms with E-state index in [1.165, 1.54) is 0 Å². The summed E-state index contributed by atoms with van der Waals surface area (Å²) in [4.78, 5) is 25.0. The molecule has 0 saturated heterocycles. The molecule has 27 heavy (non-hydrogen) atoms. The second kappa shape index (κ2) is 7.96. The summed E-state index contributed by atoms with van der Waals surface area (Å²) in [7, 11) is 0. The van der Waals surface area contributed by atoms with E-state index in [2.05, 4.69) is 41.3 Å². The molecule has 1 aliphatic rings. The van der Waals surface area contributed by atoms with Gasteiger partial charge >= 0.3 is 0 Å². The van der Waals surface area contributed by atoms with Crippen LogP contribution in [-0.4, -0.2) is 30.8 Å². The first-order chi connectivity index (χ1) is 13.2. The molecule has 138 valence electrons. The molecule has 1 fully saturated rings. The Morgan fingerprint density at radius 3 is 2.52 bits per heavy atom. The van der Waals surface area contributed by atoms with E-state index in [0.29, 0.717) is 12.0 Å². The van der Waals surface area contributed by atoms with Gasteiger partial charge in [0.2, 0.25) is 5.95 Å². The molecule has 0 amide bonds. The van der Waals surface area contributed by atoms with E-state index in [0.717, 1.165) is 41.4 Å². The molecule has 0 atom stereocenters. The molecule has 0 spiro atoms. The van der Waals surface area contributed by atoms with Gasteiger partial charge < -0.3 is 5.32 Å². The van der Waals surface area contributed by atoms with Crippen LogP contribution in [0.15, 0.2) is 58.3 Å². The molecule has 1 saturated carbocycles. The monoisotopic (exact) mass is 426 g/mol. The van der Waals surface area contributed by atoms with Crippen LogP contribution in [-0.2, 0) is 0 Å². The van der Waals surface area contributed by atoms with Crippen molar-refractivity contribution in [2.45, 2.75) is 37.8 Å². The maximum Gasteiger partial charge on any atom is 0.267 e. The molecule has 7 nitrogen and oxygen atoms in total. The quantitative estimate of drug-likeness (QED) is 0.687. The molecular formula is C19H19BrN6O. The van der Waals surface area contributed by atoms with Gasteiger partial charge in [-0.15, -0.1) is 0 Å². The first-order valence-electron chi connectivity index (χ1n) is 8.93. The van der Waals surface area contributed by atoms with Crippen LogP contribution in [0.1, 0.15) is 31.7 Å². The summed E-state index contributed by atoms with van der Waals surface area (Å²) in [6.45, 7) is 0. The highest BCUT2D eigenvalue weighted by molar-refractivity contribution is 9.10. The summed E-state index contributed by atoms with van der Waals surface area (Å²) < 4.78 is 2.49. The lowest BCUT2D eigenvalue weighted by Gasteiger charge is -2.29. The van der Waals surface area contributed by atoms with Crippen molar-refractivity contribution in [2.75, 3.05) is 5.32 Å². The summed E-state index contributed by atoms with van der Waals surface area (Å²) in [5.74, 6) is 0.635. The SMILES string of the molecule is O=c1ccc(-c2cccnc2)nn1C1CCC(Nc2ncc(Br)cn2)CC1. The van der Waals surface area contributed by atoms with Gasteiger partial charge in [0.25, 0.3) is 5.56 Å². The molecule has 0 aliphatic heterocycles. The van der Waals surface area contributed by atoms with Crippen molar-refractivity contribution in [1.82, 2.24) is 24.7 Å². The fraction of sp³-hybridized carbons (Fsp3) is 0.316. The van der Waals surface area contributed by atoms with Crippen LogP contribution in [0.5, 0.6) is 0 Å². The van der Waals surface area contributed by atoms with Gasteiger partial charge in [0, 0.05) is 42.5 Å². The lowest BCUT2D eigenvalue weighted by molar-refractivity contribution is 0.304. The number of hydrogen-bond donors (Lipinski definition) is 1. The third kappa shape index (κ3) is 4.21. The van der Waals surface area contributed by atoms with Crippen molar-refractivity contribution < 1.29 is 0 Å². The highest BCUT2D eigenvalue weighted by Gasteiger charge is 2.24. The summed E-state index contributed by atoms with van der Waals surface area (Å²) in [6, 6.07) is 7.58. The zero-order valence-electron chi connectivity index (χ0n) is 14.6. The topological polar surface area (TPSA) is 85.6 Å². The molecule has 3 aromatic heterocycles. The largest absolute Gasteiger partial charge is 0.351 e. The third-order valence-corrected chi connectivity index (χ3v) is 5.19. The molecule has 1 aliphatic carbocycles. The lowest BCUT2D eigenvalue weighted by atomic mass is 9.91. The number of anilines is 1. The third-order valence-electron chi connectivity index (χ3n) is 4.78. The average molecular weight is 427 g/mol. The minimum absolute atomic E-state index is 0.0599. The minimum Gasteiger partial charge on any atom is -0.351 e. The average Bonchev–Trinajstić information content (AvgIpc) is 2.71. The minimum atomic E-state index is -0.0599. The van der Waals surface area contributed by atoms with Crippen molar-refractivity contribution in [3.05, 3.63) is 63.9 Å². The Balaban J connectivity index is 1.45. The molecule has 4 rings (SSSR count). The van der Waals surface area contributed by atoms with Crippen molar-refractivity contribution >= 4 is 21.9 Å². The van der Waals surface area contributed by atoms with Crippen LogP contribution < -0.4 is 10.9 Å². The number of pyridine rings is 1. The van der Waals surface area contributed by atoms with Gasteiger partial charge in [-0.25, -0.2) is 14.6 Å². The van der Waals surface area contributed by atoms with Crippen LogP contribution in [0.3, 0.4) is 0 Å². The van der Waals surface area contributed by atoms with Crippen molar-refractivity contribution in [3.8, 4) is 11.3 Å². The van der Waals surface area contributed by atoms with E-state index in [-0.39, 0.29) is 11.6 Å². The van der Waals surface area contributed by atoms with Crippen molar-refractivity contribution in [1.29, 1.82) is 0 Å². The zero-order chi connectivity index (χ0) is 18.6. The van der Waals surface area contributed by atoms with Gasteiger partial charge in [-0.2, -0.15) is 5.10 Å². The van der Waals surface area contributed by atoms with Crippen LogP contribution in [0.2, 0.25) is 0 Å². The molecular weight excluding hydrogens is 408 g/mol. The number of hydrogen-bond acceptors (Lipinski definition) is 6. The number of nitrogens with one attached hydrogen (secondary N) is 1. The summed E-state index contributed by atoms with van der Waals surface area (Å²) >= 11 is 3.34. The number of rotatable bonds is 4. The maximum absolute atomic E-state index is 12.4. The molecule has 3 heterocycles. The second-order valence-electron chi connectivity index (χ2n) is 6.62. The molecule has 0 aromatic carbocycles. The maximum atomic E-state index is 12.4. The highest BCUT2D eigenvalue weighted by atomic mass is 79.9. The predicted molar refractivity (Wildman–Crippen MR) is 106 cm³/mol. The van der Waals surface area contributed by atoms with E-state index in [1.807, 2.05) is 12.1 Å². The predicted octanol–water partition coefficient (Wildman–Crippen LogP) is 3.45. The van der Waals surface area contributed by atoms with Gasteiger partial charge in [0.05, 0.1) is 16.2 Å². The molecule has 8 heteroatoms. The number of aromatic nitrogens is 5. The first kappa shape index (κ1) is 17.8. The molecule has 1 N–H and O–H groups in total. The molecule has 0 bridgehead atoms. The Morgan fingerprint density at radius 1 is 1.04 bits per heavy atom. The normalized spacial score (nSPS) is 19.6. The van der Waals surface area contributed by atoms with Gasteiger partial charge in [-0.05, 0) is 59.8 Å². The van der Waals surface area contributed by atoms with E-state index >= 15 is 0 Å². The standard InChI is InChI=1S/C19H19BrN6O/c20-14-11-22-19(23-12-14)24-15-3-5-16(6-4-15)26-18(27)8-7-17(25-26)13-2-1-9-21-10-13/h1-2,7-12,15-16H,3-6H2,(H,22,23,24). The van der Waals surface area contributed by atoms with Crippen molar-refractivity contribution in [2.24, 2.45) is 0 Å². The zero-order valence-corrected chi connectivity index (χ0v) is 16.2. The van der Waals surface area contributed by atoms with E-state index in [9.17, 15) is 4.79 Å². The Bertz CT molecular complexity index is 952. The van der Waals surface area contributed by atoms with Gasteiger partial charge in [-0.1, -0.05) is 0 Å². The van der Waals surface area contributed by atoms with E-state index in [1.54, 1.807) is 41.6 Å². The Morgan fingerprint density at radius 2 is 1.81 bits per heavy atom. The molecule has 0 radical (unpaired) electrons. The van der Waals surface area contributed by atoms with Gasteiger partial charge in [-0.3, -0.25) is 9.78 Å². The number of halogens is 1. The summed E-state index contributed by atoms with van der Waals surface area (Å²) in [6.07, 6.45) is 10.6. The van der Waals surface area contributed by atoms with Crippen LogP contribution in [0, 0.1) is 0 Å². The van der Waals surface area contributed by atoms with Crippen LogP contribution >= 0.6 is 15.9 Å². The Kier molecular flexibility index (Phi) is 5.24. The second-order valence-corrected chi connectivity index (χ2v) is 7.53. The van der Waals surface area contributed by atoms with Crippen LogP contribution in [0.4, 0.5) is 5.95 Å².